The number of rotatable bonds is 2. The molecule has 0 radical (unpaired) electrons. The summed E-state index contributed by atoms with van der Waals surface area (Å²) in [4.78, 5) is 34.7. The summed E-state index contributed by atoms with van der Waals surface area (Å²) in [5.41, 5.74) is 2.12. The number of fused-ring (bicyclic) bond motifs is 2. The molecule has 0 aromatic heterocycles. The van der Waals surface area contributed by atoms with Gasteiger partial charge in [-0.25, -0.2) is 4.79 Å². The van der Waals surface area contributed by atoms with Crippen LogP contribution in [0.15, 0.2) is 84.9 Å². The summed E-state index contributed by atoms with van der Waals surface area (Å²) in [5, 5.41) is 10.4. The molecule has 7 rings (SSSR count). The van der Waals surface area contributed by atoms with E-state index in [0.717, 1.165) is 38.5 Å². The van der Waals surface area contributed by atoms with Gasteiger partial charge in [-0.1, -0.05) is 99.8 Å². The summed E-state index contributed by atoms with van der Waals surface area (Å²) in [6, 6.07) is 29.5. The Morgan fingerprint density at radius 3 is 1.54 bits per heavy atom. The van der Waals surface area contributed by atoms with Gasteiger partial charge in [0.2, 0.25) is 0 Å². The molecule has 5 heteroatoms. The Labute approximate surface area is 243 Å². The monoisotopic (exact) mass is 550 g/mol. The summed E-state index contributed by atoms with van der Waals surface area (Å²) < 4.78 is 0. The Balaban J connectivity index is 0.000000185. The highest BCUT2D eigenvalue weighted by Gasteiger charge is 2.48. The van der Waals surface area contributed by atoms with Gasteiger partial charge < -0.3 is 5.32 Å². The molecule has 4 aromatic carbocycles. The minimum absolute atomic E-state index is 0. The zero-order valence-corrected chi connectivity index (χ0v) is 22.1. The lowest BCUT2D eigenvalue weighted by molar-refractivity contribution is -0.125. The van der Waals surface area contributed by atoms with Crippen LogP contribution >= 0.6 is 0 Å². The van der Waals surface area contributed by atoms with E-state index in [1.54, 1.807) is 0 Å². The third-order valence-electron chi connectivity index (χ3n) is 8.92. The van der Waals surface area contributed by atoms with E-state index in [1.807, 2.05) is 0 Å². The maximum Gasteiger partial charge on any atom is 0.322 e. The van der Waals surface area contributed by atoms with Crippen LogP contribution in [0.1, 0.15) is 89.2 Å². The number of benzene rings is 4. The first-order valence-electron chi connectivity index (χ1n) is 14.1. The van der Waals surface area contributed by atoms with Crippen LogP contribution < -0.4 is 10.6 Å². The van der Waals surface area contributed by atoms with Gasteiger partial charge in [-0.15, -0.1) is 0 Å². The first-order valence-corrected chi connectivity index (χ1v) is 14.1. The summed E-state index contributed by atoms with van der Waals surface area (Å²) in [6.07, 6.45) is 6.81. The van der Waals surface area contributed by atoms with Gasteiger partial charge in [-0.05, 0) is 83.0 Å². The lowest BCUT2D eigenvalue weighted by Gasteiger charge is -2.35. The molecule has 0 bridgehead atoms. The Bertz CT molecular complexity index is 1530. The topological polar surface area (TPSA) is 75.3 Å². The van der Waals surface area contributed by atoms with E-state index in [4.69, 9.17) is 0 Å². The van der Waals surface area contributed by atoms with Crippen LogP contribution in [0, 0.1) is 0 Å². The molecule has 214 valence electrons. The SMILES string of the molecule is C.C.O=C1CCC(c2cccc3ccccc23)CC1.O=C1NC(=O)C2(CCC(c3cccc4ccccc34)CC2)N1. The van der Waals surface area contributed by atoms with E-state index in [9.17, 15) is 14.4 Å². The van der Waals surface area contributed by atoms with Crippen molar-refractivity contribution in [3.05, 3.63) is 96.1 Å². The molecule has 2 aliphatic carbocycles. The average Bonchev–Trinajstić information content (AvgIpc) is 3.25. The molecule has 3 fully saturated rings. The Kier molecular flexibility index (Phi) is 9.27. The fraction of sp³-hybridized carbons (Fsp3) is 0.361. The molecule has 41 heavy (non-hydrogen) atoms. The first kappa shape index (κ1) is 30.0. The van der Waals surface area contributed by atoms with E-state index < -0.39 is 5.54 Å². The number of hydrogen-bond acceptors (Lipinski definition) is 3. The fourth-order valence-electron chi connectivity index (χ4n) is 6.77. The summed E-state index contributed by atoms with van der Waals surface area (Å²) in [5.74, 6) is 1.29. The smallest absolute Gasteiger partial charge is 0.322 e. The third-order valence-corrected chi connectivity index (χ3v) is 8.92. The highest BCUT2D eigenvalue weighted by molar-refractivity contribution is 6.07. The molecule has 2 saturated carbocycles. The van der Waals surface area contributed by atoms with Gasteiger partial charge >= 0.3 is 6.03 Å². The van der Waals surface area contributed by atoms with Gasteiger partial charge in [-0.3, -0.25) is 14.9 Å². The van der Waals surface area contributed by atoms with E-state index in [0.29, 0.717) is 30.5 Å². The zero-order valence-electron chi connectivity index (χ0n) is 22.1. The van der Waals surface area contributed by atoms with E-state index >= 15 is 0 Å². The third kappa shape index (κ3) is 6.04. The normalized spacial score (nSPS) is 22.2. The minimum Gasteiger partial charge on any atom is -0.323 e. The molecular formula is C36H42N2O3. The highest BCUT2D eigenvalue weighted by Crippen LogP contribution is 2.41. The molecule has 3 aliphatic rings. The van der Waals surface area contributed by atoms with Crippen molar-refractivity contribution in [2.75, 3.05) is 0 Å². The molecule has 0 unspecified atom stereocenters. The van der Waals surface area contributed by atoms with Gasteiger partial charge in [-0.2, -0.15) is 0 Å². The van der Waals surface area contributed by atoms with Crippen molar-refractivity contribution >= 4 is 39.3 Å². The molecule has 4 aromatic rings. The van der Waals surface area contributed by atoms with E-state index in [2.05, 4.69) is 95.6 Å². The standard InChI is InChI=1S/C18H18N2O2.C16H16O.2CH4/c21-16-18(20-17(22)19-16)10-8-13(9-11-18)15-7-3-5-12-4-1-2-6-14(12)15;17-14-10-8-13(9-11-14)16-7-3-5-12-4-1-2-6-15(12)16;;/h1-7,13H,8-11H2,(H2,19,20,21,22);1-7,13H,8-11H2;2*1H4. The predicted octanol–water partition coefficient (Wildman–Crippen LogP) is 8.41. The number of carbonyl (C=O) groups excluding carboxylic acids is 3. The molecule has 0 atom stereocenters. The Morgan fingerprint density at radius 2 is 1.05 bits per heavy atom. The molecule has 5 nitrogen and oxygen atoms in total. The second kappa shape index (κ2) is 12.7. The molecule has 1 spiro atoms. The lowest BCUT2D eigenvalue weighted by atomic mass is 9.73. The van der Waals surface area contributed by atoms with Gasteiger partial charge in [0.1, 0.15) is 11.3 Å². The van der Waals surface area contributed by atoms with Crippen LogP contribution in [-0.4, -0.2) is 23.3 Å². The molecule has 1 saturated heterocycles. The number of urea groups is 1. The van der Waals surface area contributed by atoms with Crippen LogP contribution in [0.5, 0.6) is 0 Å². The molecule has 1 aliphatic heterocycles. The van der Waals surface area contributed by atoms with Gasteiger partial charge in [0.15, 0.2) is 0 Å². The zero-order chi connectivity index (χ0) is 26.8. The maximum absolute atomic E-state index is 12.0. The predicted molar refractivity (Wildman–Crippen MR) is 168 cm³/mol. The van der Waals surface area contributed by atoms with Crippen LogP contribution in [0.2, 0.25) is 0 Å². The number of hydrogen-bond donors (Lipinski definition) is 2. The van der Waals surface area contributed by atoms with Crippen molar-refractivity contribution in [3.8, 4) is 0 Å². The summed E-state index contributed by atoms with van der Waals surface area (Å²) in [6.45, 7) is 0. The first-order chi connectivity index (χ1) is 19.0. The van der Waals surface area contributed by atoms with Crippen molar-refractivity contribution < 1.29 is 14.4 Å². The minimum atomic E-state index is -0.668. The quantitative estimate of drug-likeness (QED) is 0.246. The highest BCUT2D eigenvalue weighted by atomic mass is 16.2. The summed E-state index contributed by atoms with van der Waals surface area (Å²) in [7, 11) is 0. The lowest BCUT2D eigenvalue weighted by Crippen LogP contribution is -2.49. The van der Waals surface area contributed by atoms with Crippen molar-refractivity contribution in [2.24, 2.45) is 0 Å². The summed E-state index contributed by atoms with van der Waals surface area (Å²) >= 11 is 0. The van der Waals surface area contributed by atoms with Crippen molar-refractivity contribution in [1.82, 2.24) is 10.6 Å². The average molecular weight is 551 g/mol. The second-order valence-corrected chi connectivity index (χ2v) is 11.2. The number of carbonyl (C=O) groups is 3. The van der Waals surface area contributed by atoms with Crippen LogP contribution in [0.4, 0.5) is 4.79 Å². The van der Waals surface area contributed by atoms with E-state index in [1.165, 1.54) is 32.7 Å². The largest absolute Gasteiger partial charge is 0.323 e. The van der Waals surface area contributed by atoms with Crippen LogP contribution in [0.25, 0.3) is 21.5 Å². The molecular weight excluding hydrogens is 508 g/mol. The van der Waals surface area contributed by atoms with Gasteiger partial charge in [0.05, 0.1) is 0 Å². The molecule has 2 N–H and O–H groups in total. The van der Waals surface area contributed by atoms with Gasteiger partial charge in [0.25, 0.3) is 5.91 Å². The van der Waals surface area contributed by atoms with Crippen LogP contribution in [0.3, 0.4) is 0 Å². The van der Waals surface area contributed by atoms with Crippen molar-refractivity contribution in [1.29, 1.82) is 0 Å². The number of amides is 3. The van der Waals surface area contributed by atoms with Gasteiger partial charge in [0, 0.05) is 12.8 Å². The van der Waals surface area contributed by atoms with Crippen molar-refractivity contribution in [2.45, 2.75) is 83.6 Å². The van der Waals surface area contributed by atoms with E-state index in [-0.39, 0.29) is 26.8 Å². The second-order valence-electron chi connectivity index (χ2n) is 11.2. The number of imide groups is 1. The fourth-order valence-corrected chi connectivity index (χ4v) is 6.77. The Morgan fingerprint density at radius 1 is 0.585 bits per heavy atom. The molecule has 3 amide bonds. The molecule has 1 heterocycles. The number of ketones is 1. The number of Topliss-reactive ketones (excluding diaryl/α,β-unsaturated/α-hetero) is 1. The van der Waals surface area contributed by atoms with Crippen molar-refractivity contribution in [3.63, 3.8) is 0 Å². The van der Waals surface area contributed by atoms with Crippen LogP contribution in [-0.2, 0) is 9.59 Å². The Hall–Kier alpha value is -3.99. The maximum atomic E-state index is 12.0. The number of nitrogens with one attached hydrogen (secondary N) is 2.